The molecule has 0 atom stereocenters. The second-order valence-electron chi connectivity index (χ2n) is 4.57. The van der Waals surface area contributed by atoms with E-state index in [1.54, 1.807) is 0 Å². The smallest absolute Gasteiger partial charge is 0.135 e. The molecule has 3 rings (SSSR count). The van der Waals surface area contributed by atoms with Gasteiger partial charge in [0.05, 0.1) is 0 Å². The lowest BCUT2D eigenvalue weighted by Crippen LogP contribution is -2.69. The van der Waals surface area contributed by atoms with Gasteiger partial charge in [0.15, 0.2) is 0 Å². The quantitative estimate of drug-likeness (QED) is 0.517. The summed E-state index contributed by atoms with van der Waals surface area (Å²) < 4.78 is 0. The highest BCUT2D eigenvalue weighted by Crippen LogP contribution is 2.58. The van der Waals surface area contributed by atoms with Crippen LogP contribution in [0.25, 0.3) is 0 Å². The molecule has 0 amide bonds. The minimum atomic E-state index is 0.170. The molecule has 2 nitrogen and oxygen atoms in total. The molecule has 68 valence electrons. The van der Waals surface area contributed by atoms with E-state index in [0.29, 0.717) is 0 Å². The minimum Gasteiger partial charge on any atom is -0.226 e. The molecule has 0 aromatic heterocycles. The van der Waals surface area contributed by atoms with Crippen molar-refractivity contribution in [3.8, 4) is 0 Å². The Morgan fingerprint density at radius 1 is 0.583 bits per heavy atom. The molecule has 0 aromatic carbocycles. The minimum absolute atomic E-state index is 0.170. The van der Waals surface area contributed by atoms with Crippen LogP contribution in [0.15, 0.2) is 0 Å². The summed E-state index contributed by atoms with van der Waals surface area (Å²) in [5.41, 5.74) is 0.340. The number of hydrogen-bond acceptors (Lipinski definition) is 2. The predicted molar refractivity (Wildman–Crippen MR) is 44.6 cm³/mol. The van der Waals surface area contributed by atoms with Gasteiger partial charge in [-0.3, -0.25) is 0 Å². The third-order valence-electron chi connectivity index (χ3n) is 4.01. The van der Waals surface area contributed by atoms with Gasteiger partial charge in [-0.05, 0) is 25.7 Å². The molecule has 0 aromatic rings. The van der Waals surface area contributed by atoms with Gasteiger partial charge in [0.25, 0.3) is 0 Å². The highest BCUT2D eigenvalue weighted by molar-refractivity contribution is 5.09. The molecule has 0 unspecified atom stereocenters. The largest absolute Gasteiger partial charge is 0.226 e. The van der Waals surface area contributed by atoms with Crippen LogP contribution in [-0.4, -0.2) is 11.2 Å². The predicted octanol–water partition coefficient (Wildman–Crippen LogP) is 2.57. The van der Waals surface area contributed by atoms with Crippen molar-refractivity contribution >= 4 is 0 Å². The Bertz CT molecular complexity index is 166. The van der Waals surface area contributed by atoms with Crippen LogP contribution in [0.3, 0.4) is 0 Å². The Balaban J connectivity index is 1.91. The maximum atomic E-state index is 5.42. The van der Waals surface area contributed by atoms with Crippen molar-refractivity contribution in [1.82, 2.24) is 0 Å². The fraction of sp³-hybridized carbons (Fsp3) is 1.00. The molecule has 3 aliphatic rings. The zero-order chi connectivity index (χ0) is 8.07. The van der Waals surface area contributed by atoms with E-state index < -0.39 is 0 Å². The van der Waals surface area contributed by atoms with E-state index in [4.69, 9.17) is 9.78 Å². The van der Waals surface area contributed by atoms with Crippen LogP contribution < -0.4 is 0 Å². The van der Waals surface area contributed by atoms with Crippen LogP contribution >= 0.6 is 0 Å². The molecule has 0 N–H and O–H groups in total. The normalized spacial score (nSPS) is 52.0. The first-order valence-electron chi connectivity index (χ1n) is 5.24. The molecule has 1 saturated heterocycles. The van der Waals surface area contributed by atoms with Crippen LogP contribution in [0.4, 0.5) is 0 Å². The van der Waals surface area contributed by atoms with Crippen molar-refractivity contribution in [2.45, 2.75) is 62.6 Å². The van der Waals surface area contributed by atoms with Crippen molar-refractivity contribution in [3.05, 3.63) is 0 Å². The second-order valence-corrected chi connectivity index (χ2v) is 4.57. The molecule has 1 aliphatic heterocycles. The zero-order valence-corrected chi connectivity index (χ0v) is 7.47. The van der Waals surface area contributed by atoms with E-state index in [2.05, 4.69) is 0 Å². The average molecular weight is 168 g/mol. The molecule has 2 aliphatic carbocycles. The van der Waals surface area contributed by atoms with Crippen molar-refractivity contribution in [2.24, 2.45) is 0 Å². The molecule has 3 fully saturated rings. The molecular formula is C10H16O2. The summed E-state index contributed by atoms with van der Waals surface area (Å²) in [5, 5.41) is 0. The first kappa shape index (κ1) is 7.34. The van der Waals surface area contributed by atoms with Gasteiger partial charge in [-0.15, -0.1) is 0 Å². The lowest BCUT2D eigenvalue weighted by molar-refractivity contribution is -0.568. The molecule has 2 heteroatoms. The van der Waals surface area contributed by atoms with Gasteiger partial charge in [-0.1, -0.05) is 25.7 Å². The van der Waals surface area contributed by atoms with E-state index in [-0.39, 0.29) is 11.2 Å². The van der Waals surface area contributed by atoms with Gasteiger partial charge in [0.2, 0.25) is 0 Å². The Kier molecular flexibility index (Phi) is 1.37. The average Bonchev–Trinajstić information content (AvgIpc) is 2.09. The molecule has 0 radical (unpaired) electrons. The summed E-state index contributed by atoms with van der Waals surface area (Å²) in [6.45, 7) is 0. The fourth-order valence-corrected chi connectivity index (χ4v) is 3.25. The second kappa shape index (κ2) is 2.24. The Hall–Kier alpha value is -0.0800. The van der Waals surface area contributed by atoms with Crippen LogP contribution in [0.2, 0.25) is 0 Å². The van der Waals surface area contributed by atoms with Crippen LogP contribution in [-0.2, 0) is 9.78 Å². The first-order chi connectivity index (χ1) is 5.87. The van der Waals surface area contributed by atoms with E-state index >= 15 is 0 Å². The third kappa shape index (κ3) is 0.686. The highest BCUT2D eigenvalue weighted by Gasteiger charge is 2.65. The van der Waals surface area contributed by atoms with Crippen LogP contribution in [0.1, 0.15) is 51.4 Å². The number of hydrogen-bond donors (Lipinski definition) is 0. The number of rotatable bonds is 0. The fourth-order valence-electron chi connectivity index (χ4n) is 3.25. The van der Waals surface area contributed by atoms with Gasteiger partial charge >= 0.3 is 0 Å². The van der Waals surface area contributed by atoms with Gasteiger partial charge < -0.3 is 0 Å². The van der Waals surface area contributed by atoms with E-state index in [1.165, 1.54) is 51.4 Å². The SMILES string of the molecule is C1CCC23CCCCC2(C1)OO3. The van der Waals surface area contributed by atoms with E-state index in [1.807, 2.05) is 0 Å². The standard InChI is InChI=1S/C10H16O2/c1-2-6-10-8-4-3-7-9(10,5-1)11-12-10/h1-8H2. The van der Waals surface area contributed by atoms with Gasteiger partial charge in [-0.2, -0.15) is 0 Å². The Labute approximate surface area is 73.2 Å². The summed E-state index contributed by atoms with van der Waals surface area (Å²) >= 11 is 0. The van der Waals surface area contributed by atoms with Crippen LogP contribution in [0, 0.1) is 0 Å². The molecule has 0 spiro atoms. The Morgan fingerprint density at radius 3 is 1.17 bits per heavy atom. The highest BCUT2D eigenvalue weighted by atomic mass is 17.3. The van der Waals surface area contributed by atoms with Gasteiger partial charge in [0.1, 0.15) is 11.2 Å². The molecule has 12 heavy (non-hydrogen) atoms. The third-order valence-corrected chi connectivity index (χ3v) is 4.01. The van der Waals surface area contributed by atoms with E-state index in [0.717, 1.165) is 0 Å². The van der Waals surface area contributed by atoms with Gasteiger partial charge in [0, 0.05) is 0 Å². The van der Waals surface area contributed by atoms with Crippen molar-refractivity contribution in [3.63, 3.8) is 0 Å². The maximum absolute atomic E-state index is 5.42. The lowest BCUT2D eigenvalue weighted by Gasteiger charge is -2.61. The van der Waals surface area contributed by atoms with Crippen molar-refractivity contribution < 1.29 is 9.78 Å². The van der Waals surface area contributed by atoms with Gasteiger partial charge in [-0.25, -0.2) is 9.78 Å². The summed E-state index contributed by atoms with van der Waals surface area (Å²) in [6.07, 6.45) is 10.3. The monoisotopic (exact) mass is 168 g/mol. The van der Waals surface area contributed by atoms with Crippen LogP contribution in [0.5, 0.6) is 0 Å². The molecule has 1 heterocycles. The summed E-state index contributed by atoms with van der Waals surface area (Å²) in [4.78, 5) is 10.8. The summed E-state index contributed by atoms with van der Waals surface area (Å²) in [6, 6.07) is 0. The maximum Gasteiger partial charge on any atom is 0.135 e. The first-order valence-corrected chi connectivity index (χ1v) is 5.24. The summed E-state index contributed by atoms with van der Waals surface area (Å²) in [7, 11) is 0. The lowest BCUT2D eigenvalue weighted by atomic mass is 9.63. The summed E-state index contributed by atoms with van der Waals surface area (Å²) in [5.74, 6) is 0. The van der Waals surface area contributed by atoms with Crippen molar-refractivity contribution in [1.29, 1.82) is 0 Å². The van der Waals surface area contributed by atoms with E-state index in [9.17, 15) is 0 Å². The zero-order valence-electron chi connectivity index (χ0n) is 7.47. The molecule has 0 bridgehead atoms. The Morgan fingerprint density at radius 2 is 0.917 bits per heavy atom. The molecular weight excluding hydrogens is 152 g/mol. The molecule has 2 saturated carbocycles. The van der Waals surface area contributed by atoms with Crippen molar-refractivity contribution in [2.75, 3.05) is 0 Å². The topological polar surface area (TPSA) is 18.5 Å².